The van der Waals surface area contributed by atoms with Crippen molar-refractivity contribution in [2.45, 2.75) is 25.7 Å². The van der Waals surface area contributed by atoms with E-state index in [1.165, 1.54) is 0 Å². The highest BCUT2D eigenvalue weighted by Gasteiger charge is 2.30. The summed E-state index contributed by atoms with van der Waals surface area (Å²) in [5, 5.41) is 0. The molecule has 0 saturated carbocycles. The lowest BCUT2D eigenvalue weighted by Crippen LogP contribution is -2.22. The molecule has 0 N–H and O–H groups in total. The molecule has 86 valence electrons. The van der Waals surface area contributed by atoms with Crippen molar-refractivity contribution in [1.82, 2.24) is 0 Å². The molecule has 3 heteroatoms. The second-order valence-corrected chi connectivity index (χ2v) is 4.52. The van der Waals surface area contributed by atoms with Crippen molar-refractivity contribution in [2.24, 2.45) is 0 Å². The zero-order valence-corrected chi connectivity index (χ0v) is 9.25. The average molecular weight is 230 g/mol. The van der Waals surface area contributed by atoms with Crippen LogP contribution in [0.15, 0.2) is 18.2 Å². The Morgan fingerprint density at radius 3 is 2.65 bits per heavy atom. The zero-order chi connectivity index (χ0) is 12.0. The molecule has 0 heterocycles. The first-order valence-electron chi connectivity index (χ1n) is 5.79. The van der Waals surface area contributed by atoms with Crippen molar-refractivity contribution < 1.29 is 14.0 Å². The molecule has 3 rings (SSSR count). The number of halogens is 1. The topological polar surface area (TPSA) is 34.1 Å². The minimum atomic E-state index is -0.742. The molecule has 2 aliphatic rings. The average Bonchev–Trinajstić information content (AvgIpc) is 2.35. The molecular weight excluding hydrogens is 219 g/mol. The Balaban J connectivity index is 2.30. The number of rotatable bonds is 0. The van der Waals surface area contributed by atoms with Gasteiger partial charge in [-0.25, -0.2) is 4.39 Å². The highest BCUT2D eigenvalue weighted by atomic mass is 19.1. The highest BCUT2D eigenvalue weighted by molar-refractivity contribution is 6.50. The normalized spacial score (nSPS) is 18.5. The fraction of sp³-hybridized carbons (Fsp3) is 0.286. The van der Waals surface area contributed by atoms with Gasteiger partial charge in [0.25, 0.3) is 0 Å². The van der Waals surface area contributed by atoms with Gasteiger partial charge >= 0.3 is 0 Å². The smallest absolute Gasteiger partial charge is 0.233 e. The molecule has 2 aliphatic carbocycles. The fourth-order valence-electron chi connectivity index (χ4n) is 2.67. The summed E-state index contributed by atoms with van der Waals surface area (Å²) in [6.07, 6.45) is 4.56. The van der Waals surface area contributed by atoms with Crippen LogP contribution in [-0.4, -0.2) is 11.6 Å². The monoisotopic (exact) mass is 230 g/mol. The van der Waals surface area contributed by atoms with Crippen LogP contribution in [0.3, 0.4) is 0 Å². The van der Waals surface area contributed by atoms with Crippen molar-refractivity contribution in [3.63, 3.8) is 0 Å². The van der Waals surface area contributed by atoms with E-state index in [0.29, 0.717) is 5.56 Å². The van der Waals surface area contributed by atoms with E-state index in [2.05, 4.69) is 0 Å². The van der Waals surface area contributed by atoms with Crippen molar-refractivity contribution in [3.8, 4) is 0 Å². The van der Waals surface area contributed by atoms with E-state index in [-0.39, 0.29) is 5.56 Å². The number of Topliss-reactive ketones (excluding diaryl/α,β-unsaturated/α-hetero) is 1. The lowest BCUT2D eigenvalue weighted by atomic mass is 9.81. The van der Waals surface area contributed by atoms with Crippen LogP contribution in [0.5, 0.6) is 0 Å². The van der Waals surface area contributed by atoms with Crippen molar-refractivity contribution in [3.05, 3.63) is 40.5 Å². The molecular formula is C14H11FO2. The Kier molecular flexibility index (Phi) is 2.21. The number of aryl methyl sites for hydroxylation is 1. The molecule has 0 atom stereocenters. The molecule has 0 amide bonds. The van der Waals surface area contributed by atoms with Crippen LogP contribution < -0.4 is 0 Å². The maximum Gasteiger partial charge on any atom is 0.233 e. The first kappa shape index (κ1) is 10.4. The molecule has 0 fully saturated rings. The SMILES string of the molecule is O=C1C=C(F)c2ccc3c(c2C1=O)CCCC3. The van der Waals surface area contributed by atoms with Gasteiger partial charge in [0.2, 0.25) is 11.6 Å². The molecule has 0 spiro atoms. The first-order valence-corrected chi connectivity index (χ1v) is 5.79. The third-order valence-electron chi connectivity index (χ3n) is 3.50. The molecule has 0 aromatic heterocycles. The standard InChI is InChI=1S/C14H11FO2/c15-11-7-12(16)14(17)13-9-4-2-1-3-8(9)5-6-10(11)13/h5-7H,1-4H2. The molecule has 0 radical (unpaired) electrons. The van der Waals surface area contributed by atoms with E-state index in [1.807, 2.05) is 6.07 Å². The summed E-state index contributed by atoms with van der Waals surface area (Å²) in [5.41, 5.74) is 2.57. The van der Waals surface area contributed by atoms with Crippen LogP contribution in [0.4, 0.5) is 4.39 Å². The van der Waals surface area contributed by atoms with Gasteiger partial charge in [0, 0.05) is 17.2 Å². The second-order valence-electron chi connectivity index (χ2n) is 4.52. The minimum Gasteiger partial charge on any atom is -0.285 e. The molecule has 1 aromatic carbocycles. The lowest BCUT2D eigenvalue weighted by Gasteiger charge is -2.22. The number of fused-ring (bicyclic) bond motifs is 3. The summed E-state index contributed by atoms with van der Waals surface area (Å²) in [7, 11) is 0. The van der Waals surface area contributed by atoms with E-state index in [4.69, 9.17) is 0 Å². The molecule has 0 saturated heterocycles. The Hall–Kier alpha value is -1.77. The number of hydrogen-bond donors (Lipinski definition) is 0. The number of carbonyl (C=O) groups excluding carboxylic acids is 2. The lowest BCUT2D eigenvalue weighted by molar-refractivity contribution is -0.111. The third-order valence-corrected chi connectivity index (χ3v) is 3.50. The van der Waals surface area contributed by atoms with Gasteiger partial charge in [-0.1, -0.05) is 12.1 Å². The quantitative estimate of drug-likeness (QED) is 0.642. The molecule has 0 unspecified atom stereocenters. The Morgan fingerprint density at radius 2 is 1.82 bits per heavy atom. The van der Waals surface area contributed by atoms with Crippen molar-refractivity contribution in [1.29, 1.82) is 0 Å². The first-order chi connectivity index (χ1) is 8.18. The Bertz CT molecular complexity index is 570. The number of carbonyl (C=O) groups is 2. The summed E-state index contributed by atoms with van der Waals surface area (Å²) >= 11 is 0. The van der Waals surface area contributed by atoms with Crippen molar-refractivity contribution >= 4 is 17.4 Å². The van der Waals surface area contributed by atoms with E-state index in [0.717, 1.165) is 42.9 Å². The van der Waals surface area contributed by atoms with Gasteiger partial charge in [0.05, 0.1) is 0 Å². The van der Waals surface area contributed by atoms with E-state index >= 15 is 0 Å². The number of benzene rings is 1. The van der Waals surface area contributed by atoms with E-state index in [9.17, 15) is 14.0 Å². The van der Waals surface area contributed by atoms with Gasteiger partial charge in [0.15, 0.2) is 0 Å². The number of allylic oxidation sites excluding steroid dienone is 1. The molecule has 0 aliphatic heterocycles. The molecule has 0 bridgehead atoms. The van der Waals surface area contributed by atoms with Gasteiger partial charge in [-0.2, -0.15) is 0 Å². The van der Waals surface area contributed by atoms with Crippen LogP contribution in [0.2, 0.25) is 0 Å². The Labute approximate surface area is 98.1 Å². The maximum atomic E-state index is 13.7. The van der Waals surface area contributed by atoms with Gasteiger partial charge in [-0.3, -0.25) is 9.59 Å². The fourth-order valence-corrected chi connectivity index (χ4v) is 2.67. The van der Waals surface area contributed by atoms with Gasteiger partial charge in [0.1, 0.15) is 5.83 Å². The van der Waals surface area contributed by atoms with E-state index < -0.39 is 17.4 Å². The van der Waals surface area contributed by atoms with E-state index in [1.54, 1.807) is 6.07 Å². The second kappa shape index (κ2) is 3.62. The number of ketones is 2. The third kappa shape index (κ3) is 1.46. The maximum absolute atomic E-state index is 13.7. The van der Waals surface area contributed by atoms with Crippen LogP contribution in [0, 0.1) is 0 Å². The van der Waals surface area contributed by atoms with Gasteiger partial charge in [-0.15, -0.1) is 0 Å². The van der Waals surface area contributed by atoms with Crippen LogP contribution in [0.25, 0.3) is 5.83 Å². The van der Waals surface area contributed by atoms with Crippen LogP contribution in [0.1, 0.15) is 39.9 Å². The molecule has 17 heavy (non-hydrogen) atoms. The van der Waals surface area contributed by atoms with Crippen LogP contribution in [-0.2, 0) is 17.6 Å². The summed E-state index contributed by atoms with van der Waals surface area (Å²) in [4.78, 5) is 23.3. The summed E-state index contributed by atoms with van der Waals surface area (Å²) in [6.45, 7) is 0. The summed E-state index contributed by atoms with van der Waals surface area (Å²) in [6, 6.07) is 3.50. The highest BCUT2D eigenvalue weighted by Crippen LogP contribution is 2.33. The molecule has 1 aromatic rings. The Morgan fingerprint density at radius 1 is 1.06 bits per heavy atom. The summed E-state index contributed by atoms with van der Waals surface area (Å²) < 4.78 is 13.7. The summed E-state index contributed by atoms with van der Waals surface area (Å²) in [5.74, 6) is -1.88. The van der Waals surface area contributed by atoms with Crippen molar-refractivity contribution in [2.75, 3.05) is 0 Å². The van der Waals surface area contributed by atoms with Crippen LogP contribution >= 0.6 is 0 Å². The molecule has 2 nitrogen and oxygen atoms in total. The number of hydrogen-bond acceptors (Lipinski definition) is 2. The predicted molar refractivity (Wildman–Crippen MR) is 61.5 cm³/mol. The zero-order valence-electron chi connectivity index (χ0n) is 9.25. The largest absolute Gasteiger partial charge is 0.285 e. The minimum absolute atomic E-state index is 0.287. The van der Waals surface area contributed by atoms with Gasteiger partial charge < -0.3 is 0 Å². The van der Waals surface area contributed by atoms with Gasteiger partial charge in [-0.05, 0) is 36.8 Å². The predicted octanol–water partition coefficient (Wildman–Crippen LogP) is 2.64.